The molecule has 3 amide bonds. The van der Waals surface area contributed by atoms with E-state index in [1.807, 2.05) is 6.92 Å². The zero-order chi connectivity index (χ0) is 21.5. The molecule has 31 heavy (non-hydrogen) atoms. The number of halogens is 1. The van der Waals surface area contributed by atoms with Crippen molar-refractivity contribution in [3.8, 4) is 0 Å². The highest BCUT2D eigenvalue weighted by Crippen LogP contribution is 2.23. The summed E-state index contributed by atoms with van der Waals surface area (Å²) in [5, 5.41) is 3.33. The van der Waals surface area contributed by atoms with Gasteiger partial charge in [-0.15, -0.1) is 24.0 Å². The first-order valence-corrected chi connectivity index (χ1v) is 10.8. The molecule has 0 aliphatic carbocycles. The molecule has 3 N–H and O–H groups in total. The molecule has 2 heterocycles. The maximum atomic E-state index is 12.4. The fraction of sp³-hybridized carbons (Fsp3) is 0.545. The van der Waals surface area contributed by atoms with Crippen molar-refractivity contribution in [1.29, 1.82) is 0 Å². The number of aliphatic imine (C=N–C) groups is 1. The third kappa shape index (κ3) is 6.41. The summed E-state index contributed by atoms with van der Waals surface area (Å²) in [5.41, 5.74) is 6.34. The van der Waals surface area contributed by atoms with Gasteiger partial charge in [0.15, 0.2) is 5.96 Å². The maximum Gasteiger partial charge on any atom is 0.261 e. The zero-order valence-electron chi connectivity index (χ0n) is 18.0. The van der Waals surface area contributed by atoms with Gasteiger partial charge in [-0.2, -0.15) is 0 Å². The van der Waals surface area contributed by atoms with Crippen LogP contribution < -0.4 is 11.1 Å². The number of hydrogen-bond donors (Lipinski definition) is 2. The zero-order valence-corrected chi connectivity index (χ0v) is 20.3. The molecule has 8 nitrogen and oxygen atoms in total. The van der Waals surface area contributed by atoms with E-state index in [1.54, 1.807) is 24.3 Å². The number of carbonyl (C=O) groups excluding carboxylic acids is 3. The second-order valence-electron chi connectivity index (χ2n) is 7.87. The topological polar surface area (TPSA) is 108 Å². The van der Waals surface area contributed by atoms with E-state index in [9.17, 15) is 14.4 Å². The van der Waals surface area contributed by atoms with Gasteiger partial charge in [0.2, 0.25) is 5.91 Å². The van der Waals surface area contributed by atoms with Gasteiger partial charge >= 0.3 is 0 Å². The summed E-state index contributed by atoms with van der Waals surface area (Å²) >= 11 is 0. The van der Waals surface area contributed by atoms with Crippen molar-refractivity contribution in [2.75, 3.05) is 32.7 Å². The van der Waals surface area contributed by atoms with Crippen LogP contribution in [0.5, 0.6) is 0 Å². The molecule has 0 saturated carbocycles. The Labute approximate surface area is 200 Å². The van der Waals surface area contributed by atoms with Crippen LogP contribution in [0, 0.1) is 5.92 Å². The van der Waals surface area contributed by atoms with Gasteiger partial charge in [-0.05, 0) is 50.7 Å². The summed E-state index contributed by atoms with van der Waals surface area (Å²) in [6, 6.07) is 6.96. The summed E-state index contributed by atoms with van der Waals surface area (Å²) in [5.74, 6) is 0.459. The predicted octanol–water partition coefficient (Wildman–Crippen LogP) is 2.23. The van der Waals surface area contributed by atoms with Gasteiger partial charge in [0.1, 0.15) is 0 Å². The average Bonchev–Trinajstić information content (AvgIpc) is 2.97. The van der Waals surface area contributed by atoms with E-state index in [0.29, 0.717) is 37.1 Å². The summed E-state index contributed by atoms with van der Waals surface area (Å²) < 4.78 is 0. The van der Waals surface area contributed by atoms with E-state index in [0.717, 1.165) is 44.9 Å². The highest BCUT2D eigenvalue weighted by molar-refractivity contribution is 14.0. The van der Waals surface area contributed by atoms with Crippen molar-refractivity contribution in [2.24, 2.45) is 16.6 Å². The molecule has 1 aromatic carbocycles. The van der Waals surface area contributed by atoms with E-state index in [-0.39, 0.29) is 47.6 Å². The molecule has 170 valence electrons. The fourth-order valence-electron chi connectivity index (χ4n) is 4.14. The number of benzene rings is 1. The van der Waals surface area contributed by atoms with Crippen molar-refractivity contribution in [2.45, 2.75) is 39.0 Å². The van der Waals surface area contributed by atoms with E-state index in [2.05, 4.69) is 10.2 Å². The number of guanidine groups is 1. The number of unbranched alkanes of at least 4 members (excludes halogenated alkanes) is 1. The molecule has 1 unspecified atom stereocenters. The Bertz CT molecular complexity index is 794. The van der Waals surface area contributed by atoms with E-state index >= 15 is 0 Å². The first-order chi connectivity index (χ1) is 14.5. The van der Waals surface area contributed by atoms with E-state index < -0.39 is 0 Å². The molecule has 2 aliphatic rings. The second-order valence-corrected chi connectivity index (χ2v) is 7.87. The molecular weight excluding hydrogens is 509 g/mol. The lowest BCUT2D eigenvalue weighted by Crippen LogP contribution is -2.47. The van der Waals surface area contributed by atoms with Gasteiger partial charge in [-0.3, -0.25) is 24.3 Å². The number of primary amides is 1. The number of likely N-dealkylation sites (tertiary alicyclic amines) is 1. The Morgan fingerprint density at radius 3 is 2.48 bits per heavy atom. The van der Waals surface area contributed by atoms with Gasteiger partial charge < -0.3 is 16.0 Å². The van der Waals surface area contributed by atoms with Crippen LogP contribution in [-0.4, -0.2) is 66.2 Å². The van der Waals surface area contributed by atoms with Gasteiger partial charge in [-0.25, -0.2) is 0 Å². The number of carbonyl (C=O) groups is 3. The van der Waals surface area contributed by atoms with Crippen LogP contribution in [-0.2, 0) is 4.79 Å². The number of rotatable bonds is 8. The average molecular weight is 541 g/mol. The molecule has 1 fully saturated rings. The molecule has 0 bridgehead atoms. The van der Waals surface area contributed by atoms with Crippen molar-refractivity contribution >= 4 is 47.7 Å². The quantitative estimate of drug-likeness (QED) is 0.173. The molecule has 9 heteroatoms. The molecule has 2 aliphatic heterocycles. The lowest BCUT2D eigenvalue weighted by atomic mass is 9.95. The molecule has 0 spiro atoms. The number of nitrogens with zero attached hydrogens (tertiary/aromatic N) is 3. The van der Waals surface area contributed by atoms with Gasteiger partial charge in [0.05, 0.1) is 11.1 Å². The first kappa shape index (κ1) is 25.1. The molecule has 1 aromatic rings. The number of imide groups is 1. The van der Waals surface area contributed by atoms with Gasteiger partial charge in [0, 0.05) is 39.1 Å². The number of fused-ring (bicyclic) bond motifs is 1. The van der Waals surface area contributed by atoms with Crippen molar-refractivity contribution in [3.05, 3.63) is 35.4 Å². The van der Waals surface area contributed by atoms with Crippen LogP contribution in [0.2, 0.25) is 0 Å². The first-order valence-electron chi connectivity index (χ1n) is 10.8. The molecule has 0 radical (unpaired) electrons. The Balaban J connectivity index is 0.00000341. The Kier molecular flexibility index (Phi) is 9.73. The molecular formula is C22H32IN5O3. The fourth-order valence-corrected chi connectivity index (χ4v) is 4.14. The number of amides is 3. The molecule has 1 atom stereocenters. The predicted molar refractivity (Wildman–Crippen MR) is 131 cm³/mol. The third-order valence-electron chi connectivity index (χ3n) is 5.57. The summed E-state index contributed by atoms with van der Waals surface area (Å²) in [7, 11) is 0. The number of hydrogen-bond acceptors (Lipinski definition) is 4. The van der Waals surface area contributed by atoms with Crippen molar-refractivity contribution in [1.82, 2.24) is 15.1 Å². The standard InChI is InChI=1S/C22H31N5O3.HI/c1-2-24-22(26-12-7-8-16(15-26)14-19(23)28)25-11-5-6-13-27-20(29)17-9-3-4-10-18(17)21(27)30;/h3-4,9-10,16H,2,5-8,11-15H2,1H3,(H2,23,28)(H,24,25);1H. The van der Waals surface area contributed by atoms with Crippen LogP contribution in [0.3, 0.4) is 0 Å². The normalized spacial score (nSPS) is 18.6. The second kappa shape index (κ2) is 12.0. The number of nitrogens with one attached hydrogen (secondary N) is 1. The minimum atomic E-state index is -0.253. The van der Waals surface area contributed by atoms with Crippen LogP contribution in [0.15, 0.2) is 29.3 Å². The molecule has 1 saturated heterocycles. The summed E-state index contributed by atoms with van der Waals surface area (Å²) in [6.45, 7) is 5.51. The van der Waals surface area contributed by atoms with Crippen LogP contribution in [0.4, 0.5) is 0 Å². The maximum absolute atomic E-state index is 12.4. The van der Waals surface area contributed by atoms with Crippen LogP contribution in [0.1, 0.15) is 59.7 Å². The van der Waals surface area contributed by atoms with E-state index in [4.69, 9.17) is 10.7 Å². The third-order valence-corrected chi connectivity index (χ3v) is 5.57. The highest BCUT2D eigenvalue weighted by atomic mass is 127. The minimum Gasteiger partial charge on any atom is -0.370 e. The smallest absolute Gasteiger partial charge is 0.261 e. The van der Waals surface area contributed by atoms with Crippen LogP contribution >= 0.6 is 24.0 Å². The largest absolute Gasteiger partial charge is 0.370 e. The Morgan fingerprint density at radius 1 is 1.19 bits per heavy atom. The Hall–Kier alpha value is -2.17. The lowest BCUT2D eigenvalue weighted by molar-refractivity contribution is -0.119. The Morgan fingerprint density at radius 2 is 1.87 bits per heavy atom. The van der Waals surface area contributed by atoms with Crippen molar-refractivity contribution < 1.29 is 14.4 Å². The van der Waals surface area contributed by atoms with Crippen LogP contribution in [0.25, 0.3) is 0 Å². The van der Waals surface area contributed by atoms with E-state index in [1.165, 1.54) is 4.90 Å². The van der Waals surface area contributed by atoms with Crippen molar-refractivity contribution in [3.63, 3.8) is 0 Å². The minimum absolute atomic E-state index is 0. The highest BCUT2D eigenvalue weighted by Gasteiger charge is 2.34. The summed E-state index contributed by atoms with van der Waals surface area (Å²) in [4.78, 5) is 44.3. The lowest BCUT2D eigenvalue weighted by Gasteiger charge is -2.34. The SMILES string of the molecule is CCNC(=NCCCCN1C(=O)c2ccccc2C1=O)N1CCCC(CC(N)=O)C1.I. The van der Waals surface area contributed by atoms with Gasteiger partial charge in [0.25, 0.3) is 11.8 Å². The number of nitrogens with two attached hydrogens (primary N) is 1. The van der Waals surface area contributed by atoms with Gasteiger partial charge in [-0.1, -0.05) is 12.1 Å². The molecule has 3 rings (SSSR count). The summed E-state index contributed by atoms with van der Waals surface area (Å²) in [6.07, 6.45) is 3.93. The monoisotopic (exact) mass is 541 g/mol. The molecule has 0 aromatic heterocycles. The number of piperidine rings is 1.